The zero-order valence-corrected chi connectivity index (χ0v) is 12.6. The minimum absolute atomic E-state index is 0.275. The van der Waals surface area contributed by atoms with Gasteiger partial charge in [0.25, 0.3) is 0 Å². The van der Waals surface area contributed by atoms with Crippen molar-refractivity contribution >= 4 is 23.2 Å². The predicted octanol–water partition coefficient (Wildman–Crippen LogP) is 4.81. The number of hydrogen-bond donors (Lipinski definition) is 1. The Morgan fingerprint density at radius 2 is 1.74 bits per heavy atom. The molecule has 19 heavy (non-hydrogen) atoms. The summed E-state index contributed by atoms with van der Waals surface area (Å²) in [6.45, 7) is 2.03. The summed E-state index contributed by atoms with van der Waals surface area (Å²) < 4.78 is 0. The largest absolute Gasteiger partial charge is 0.313 e. The third-order valence-corrected chi connectivity index (χ3v) is 3.96. The summed E-state index contributed by atoms with van der Waals surface area (Å²) in [5, 5.41) is 4.93. The van der Waals surface area contributed by atoms with Crippen LogP contribution in [0.3, 0.4) is 0 Å². The average Bonchev–Trinajstić information content (AvgIpc) is 2.41. The van der Waals surface area contributed by atoms with E-state index in [4.69, 9.17) is 23.2 Å². The summed E-state index contributed by atoms with van der Waals surface area (Å²) in [5.74, 6) is 0. The number of halogens is 2. The summed E-state index contributed by atoms with van der Waals surface area (Å²) in [5.41, 5.74) is 3.62. The molecule has 0 radical (unpaired) electrons. The van der Waals surface area contributed by atoms with E-state index < -0.39 is 0 Å². The first-order valence-corrected chi connectivity index (χ1v) is 7.03. The van der Waals surface area contributed by atoms with Crippen LogP contribution in [-0.4, -0.2) is 7.05 Å². The molecule has 2 rings (SSSR count). The van der Waals surface area contributed by atoms with E-state index in [-0.39, 0.29) is 6.04 Å². The van der Waals surface area contributed by atoms with E-state index in [0.717, 1.165) is 22.0 Å². The maximum Gasteiger partial charge on any atom is 0.0435 e. The van der Waals surface area contributed by atoms with Crippen molar-refractivity contribution in [3.63, 3.8) is 0 Å². The van der Waals surface area contributed by atoms with E-state index in [1.54, 1.807) is 0 Å². The number of nitrogens with one attached hydrogen (secondary N) is 1. The van der Waals surface area contributed by atoms with Gasteiger partial charge in [-0.3, -0.25) is 0 Å². The summed E-state index contributed by atoms with van der Waals surface area (Å²) in [6, 6.07) is 14.4. The monoisotopic (exact) mass is 293 g/mol. The molecule has 1 unspecified atom stereocenters. The highest BCUT2D eigenvalue weighted by molar-refractivity contribution is 6.31. The fourth-order valence-electron chi connectivity index (χ4n) is 2.13. The molecule has 1 N–H and O–H groups in total. The lowest BCUT2D eigenvalue weighted by Crippen LogP contribution is -2.18. The van der Waals surface area contributed by atoms with Crippen LogP contribution in [0.4, 0.5) is 0 Å². The Hall–Kier alpha value is -1.02. The van der Waals surface area contributed by atoms with Gasteiger partial charge in [0.05, 0.1) is 0 Å². The molecule has 0 aliphatic rings. The van der Waals surface area contributed by atoms with Crippen LogP contribution in [-0.2, 0) is 6.42 Å². The minimum Gasteiger partial charge on any atom is -0.313 e. The first kappa shape index (κ1) is 14.4. The van der Waals surface area contributed by atoms with E-state index in [9.17, 15) is 0 Å². The number of benzene rings is 2. The maximum absolute atomic E-state index is 6.07. The van der Waals surface area contributed by atoms with Crippen molar-refractivity contribution in [2.45, 2.75) is 19.4 Å². The predicted molar refractivity (Wildman–Crippen MR) is 83.1 cm³/mol. The molecule has 3 heteroatoms. The van der Waals surface area contributed by atoms with Crippen molar-refractivity contribution in [2.24, 2.45) is 0 Å². The number of rotatable bonds is 4. The normalized spacial score (nSPS) is 12.4. The molecule has 0 heterocycles. The quantitative estimate of drug-likeness (QED) is 0.853. The Balaban J connectivity index is 2.19. The summed E-state index contributed by atoms with van der Waals surface area (Å²) in [4.78, 5) is 0. The Morgan fingerprint density at radius 1 is 1.05 bits per heavy atom. The van der Waals surface area contributed by atoms with Crippen molar-refractivity contribution in [1.29, 1.82) is 0 Å². The Labute approximate surface area is 124 Å². The first-order chi connectivity index (χ1) is 9.10. The number of likely N-dealkylation sites (N-methyl/N-ethyl adjacent to an activating group) is 1. The molecule has 0 saturated carbocycles. The van der Waals surface area contributed by atoms with Crippen LogP contribution in [0.2, 0.25) is 10.0 Å². The fraction of sp³-hybridized carbons (Fsp3) is 0.250. The summed E-state index contributed by atoms with van der Waals surface area (Å²) in [6.07, 6.45) is 0.925. The van der Waals surface area contributed by atoms with Crippen LogP contribution in [0.1, 0.15) is 22.7 Å². The highest BCUT2D eigenvalue weighted by Gasteiger charge is 2.11. The van der Waals surface area contributed by atoms with Gasteiger partial charge in [0, 0.05) is 16.1 Å². The van der Waals surface area contributed by atoms with Crippen LogP contribution in [0.25, 0.3) is 0 Å². The minimum atomic E-state index is 0.275. The third kappa shape index (κ3) is 3.73. The molecule has 0 aliphatic carbocycles. The van der Waals surface area contributed by atoms with E-state index in [1.807, 2.05) is 32.2 Å². The van der Waals surface area contributed by atoms with Crippen molar-refractivity contribution < 1.29 is 0 Å². The lowest BCUT2D eigenvalue weighted by atomic mass is 9.98. The van der Waals surface area contributed by atoms with Crippen molar-refractivity contribution in [1.82, 2.24) is 5.32 Å². The van der Waals surface area contributed by atoms with Crippen molar-refractivity contribution in [3.05, 3.63) is 69.2 Å². The van der Waals surface area contributed by atoms with Crippen LogP contribution < -0.4 is 5.32 Å². The molecule has 2 aromatic carbocycles. The van der Waals surface area contributed by atoms with E-state index in [1.165, 1.54) is 11.1 Å². The molecule has 0 aliphatic heterocycles. The van der Waals surface area contributed by atoms with Gasteiger partial charge in [0.1, 0.15) is 0 Å². The lowest BCUT2D eigenvalue weighted by molar-refractivity contribution is 0.592. The molecule has 100 valence electrons. The van der Waals surface area contributed by atoms with Gasteiger partial charge in [0.15, 0.2) is 0 Å². The molecule has 2 aromatic rings. The molecule has 1 nitrogen and oxygen atoms in total. The van der Waals surface area contributed by atoms with E-state index in [0.29, 0.717) is 0 Å². The van der Waals surface area contributed by atoms with E-state index >= 15 is 0 Å². The summed E-state index contributed by atoms with van der Waals surface area (Å²) >= 11 is 12.0. The number of aryl methyl sites for hydroxylation is 1. The fourth-order valence-corrected chi connectivity index (χ4v) is 2.37. The second kappa shape index (κ2) is 6.42. The van der Waals surface area contributed by atoms with Crippen LogP contribution >= 0.6 is 23.2 Å². The molecular weight excluding hydrogens is 277 g/mol. The zero-order valence-electron chi connectivity index (χ0n) is 11.1. The van der Waals surface area contributed by atoms with Gasteiger partial charge >= 0.3 is 0 Å². The lowest BCUT2D eigenvalue weighted by Gasteiger charge is -2.18. The molecule has 1 atom stereocenters. The Kier molecular flexibility index (Phi) is 4.87. The van der Waals surface area contributed by atoms with Crippen LogP contribution in [0.15, 0.2) is 42.5 Å². The van der Waals surface area contributed by atoms with Crippen molar-refractivity contribution in [3.8, 4) is 0 Å². The van der Waals surface area contributed by atoms with Crippen molar-refractivity contribution in [2.75, 3.05) is 7.05 Å². The van der Waals surface area contributed by atoms with Gasteiger partial charge < -0.3 is 5.32 Å². The topological polar surface area (TPSA) is 12.0 Å². The zero-order chi connectivity index (χ0) is 13.8. The third-order valence-electron chi connectivity index (χ3n) is 3.29. The molecule has 0 fully saturated rings. The van der Waals surface area contributed by atoms with E-state index in [2.05, 4.69) is 29.6 Å². The van der Waals surface area contributed by atoms with Gasteiger partial charge in [-0.1, -0.05) is 47.5 Å². The second-order valence-corrected chi connectivity index (χ2v) is 5.52. The molecule has 0 spiro atoms. The Morgan fingerprint density at radius 3 is 2.32 bits per heavy atom. The molecule has 0 saturated heterocycles. The average molecular weight is 294 g/mol. The molecule has 0 amide bonds. The van der Waals surface area contributed by atoms with Gasteiger partial charge in [-0.15, -0.1) is 0 Å². The summed E-state index contributed by atoms with van der Waals surface area (Å²) in [7, 11) is 1.98. The maximum atomic E-state index is 6.07. The second-order valence-electron chi connectivity index (χ2n) is 4.68. The van der Waals surface area contributed by atoms with Gasteiger partial charge in [0.2, 0.25) is 0 Å². The molecule has 0 aromatic heterocycles. The standard InChI is InChI=1S/C16H17Cl2N/c1-11-9-13(5-8-15(11)18)16(19-2)10-12-3-6-14(17)7-4-12/h3-9,16,19H,10H2,1-2H3. The smallest absolute Gasteiger partial charge is 0.0435 e. The van der Waals surface area contributed by atoms with Gasteiger partial charge in [-0.05, 0) is 55.3 Å². The highest BCUT2D eigenvalue weighted by Crippen LogP contribution is 2.23. The molecule has 0 bridgehead atoms. The SMILES string of the molecule is CNC(Cc1ccc(Cl)cc1)c1ccc(Cl)c(C)c1. The molecular formula is C16H17Cl2N. The Bertz CT molecular complexity index is 549. The first-order valence-electron chi connectivity index (χ1n) is 6.28. The highest BCUT2D eigenvalue weighted by atomic mass is 35.5. The number of hydrogen-bond acceptors (Lipinski definition) is 1. The van der Waals surface area contributed by atoms with Gasteiger partial charge in [-0.25, -0.2) is 0 Å². The van der Waals surface area contributed by atoms with Gasteiger partial charge in [-0.2, -0.15) is 0 Å². The van der Waals surface area contributed by atoms with Crippen LogP contribution in [0, 0.1) is 6.92 Å². The van der Waals surface area contributed by atoms with Crippen LogP contribution in [0.5, 0.6) is 0 Å².